The van der Waals surface area contributed by atoms with Gasteiger partial charge in [0.25, 0.3) is 0 Å². The zero-order valence-corrected chi connectivity index (χ0v) is 15.8. The van der Waals surface area contributed by atoms with Crippen LogP contribution in [0.3, 0.4) is 0 Å². The van der Waals surface area contributed by atoms with E-state index in [1.807, 2.05) is 25.1 Å². The Morgan fingerprint density at radius 2 is 2.08 bits per heavy atom. The first-order valence-corrected chi connectivity index (χ1v) is 9.59. The number of nitrogens with zero attached hydrogens (tertiary/aromatic N) is 1. The van der Waals surface area contributed by atoms with Crippen LogP contribution in [0.2, 0.25) is 0 Å². The quantitative estimate of drug-likeness (QED) is 0.676. The van der Waals surface area contributed by atoms with Gasteiger partial charge in [0.05, 0.1) is 15.2 Å². The molecule has 24 heavy (non-hydrogen) atoms. The molecule has 0 spiro atoms. The Kier molecular flexibility index (Phi) is 6.75. The van der Waals surface area contributed by atoms with Crippen LogP contribution < -0.4 is 11.1 Å². The minimum atomic E-state index is -0.293. The van der Waals surface area contributed by atoms with E-state index < -0.39 is 0 Å². The Balaban J connectivity index is 1.74. The van der Waals surface area contributed by atoms with Crippen molar-refractivity contribution in [2.45, 2.75) is 58.4 Å². The van der Waals surface area contributed by atoms with Crippen molar-refractivity contribution in [3.05, 3.63) is 29.3 Å². The maximum absolute atomic E-state index is 12.2. The summed E-state index contributed by atoms with van der Waals surface area (Å²) in [6.45, 7) is 6.81. The summed E-state index contributed by atoms with van der Waals surface area (Å²) >= 11 is 1.75. The predicted molar refractivity (Wildman–Crippen MR) is 102 cm³/mol. The molecule has 0 bridgehead atoms. The van der Waals surface area contributed by atoms with Crippen LogP contribution in [0.1, 0.15) is 51.5 Å². The van der Waals surface area contributed by atoms with Crippen LogP contribution in [-0.4, -0.2) is 23.0 Å². The standard InChI is InChI=1S/C19H29N3OS/c1-14(2)12-19(3,13-20)22-17(23)10-6-7-11-18-21-15-8-4-5-9-16(15)24-18/h4-5,8-9,14H,6-7,10-13,20H2,1-3H3,(H,22,23). The highest BCUT2D eigenvalue weighted by atomic mass is 32.1. The molecule has 0 fully saturated rings. The summed E-state index contributed by atoms with van der Waals surface area (Å²) in [6.07, 6.45) is 4.26. The van der Waals surface area contributed by atoms with Crippen molar-refractivity contribution in [3.63, 3.8) is 0 Å². The van der Waals surface area contributed by atoms with Gasteiger partial charge in [0.1, 0.15) is 0 Å². The SMILES string of the molecule is CC(C)CC(C)(CN)NC(=O)CCCCc1nc2ccccc2s1. The zero-order valence-electron chi connectivity index (χ0n) is 15.0. The lowest BCUT2D eigenvalue weighted by atomic mass is 9.90. The molecule has 0 saturated heterocycles. The Bertz CT molecular complexity index is 634. The van der Waals surface area contributed by atoms with E-state index in [4.69, 9.17) is 5.73 Å². The topological polar surface area (TPSA) is 68.0 Å². The van der Waals surface area contributed by atoms with E-state index in [0.717, 1.165) is 36.2 Å². The summed E-state index contributed by atoms with van der Waals surface area (Å²) in [5.41, 5.74) is 6.63. The Morgan fingerprint density at radius 3 is 2.75 bits per heavy atom. The van der Waals surface area contributed by atoms with Gasteiger partial charge >= 0.3 is 0 Å². The van der Waals surface area contributed by atoms with Crippen molar-refractivity contribution < 1.29 is 4.79 Å². The molecule has 1 heterocycles. The van der Waals surface area contributed by atoms with Crippen LogP contribution in [0.15, 0.2) is 24.3 Å². The number of aromatic nitrogens is 1. The monoisotopic (exact) mass is 347 g/mol. The minimum Gasteiger partial charge on any atom is -0.350 e. The number of carbonyl (C=O) groups excluding carboxylic acids is 1. The van der Waals surface area contributed by atoms with E-state index in [9.17, 15) is 4.79 Å². The number of nitrogens with two attached hydrogens (primary N) is 1. The molecule has 0 aliphatic carbocycles. The van der Waals surface area contributed by atoms with E-state index >= 15 is 0 Å². The maximum Gasteiger partial charge on any atom is 0.220 e. The fraction of sp³-hybridized carbons (Fsp3) is 0.579. The smallest absolute Gasteiger partial charge is 0.220 e. The van der Waals surface area contributed by atoms with Crippen molar-refractivity contribution in [1.82, 2.24) is 10.3 Å². The molecule has 0 aliphatic heterocycles. The molecule has 0 radical (unpaired) electrons. The number of carbonyl (C=O) groups is 1. The molecular formula is C19H29N3OS. The van der Waals surface area contributed by atoms with Crippen LogP contribution in [0.25, 0.3) is 10.2 Å². The zero-order chi connectivity index (χ0) is 17.6. The van der Waals surface area contributed by atoms with Gasteiger partial charge in [-0.25, -0.2) is 4.98 Å². The molecule has 5 heteroatoms. The largest absolute Gasteiger partial charge is 0.350 e. The number of para-hydroxylation sites is 1. The van der Waals surface area contributed by atoms with Gasteiger partial charge in [-0.2, -0.15) is 0 Å². The van der Waals surface area contributed by atoms with Gasteiger partial charge in [0, 0.05) is 18.5 Å². The van der Waals surface area contributed by atoms with Crippen molar-refractivity contribution in [2.24, 2.45) is 11.7 Å². The first-order chi connectivity index (χ1) is 11.4. The highest BCUT2D eigenvalue weighted by Gasteiger charge is 2.25. The molecular weight excluding hydrogens is 318 g/mol. The van der Waals surface area contributed by atoms with Crippen LogP contribution >= 0.6 is 11.3 Å². The van der Waals surface area contributed by atoms with Crippen molar-refractivity contribution >= 4 is 27.5 Å². The van der Waals surface area contributed by atoms with E-state index in [0.29, 0.717) is 18.9 Å². The molecule has 1 aromatic carbocycles. The van der Waals surface area contributed by atoms with Gasteiger partial charge in [0.2, 0.25) is 5.91 Å². The molecule has 0 saturated carbocycles. The van der Waals surface area contributed by atoms with Crippen molar-refractivity contribution in [2.75, 3.05) is 6.54 Å². The lowest BCUT2D eigenvalue weighted by Crippen LogP contribution is -2.52. The van der Waals surface area contributed by atoms with Gasteiger partial charge in [-0.05, 0) is 50.7 Å². The summed E-state index contributed by atoms with van der Waals surface area (Å²) in [7, 11) is 0. The third-order valence-electron chi connectivity index (χ3n) is 4.13. The van der Waals surface area contributed by atoms with E-state index in [2.05, 4.69) is 30.2 Å². The minimum absolute atomic E-state index is 0.105. The highest BCUT2D eigenvalue weighted by Crippen LogP contribution is 2.23. The van der Waals surface area contributed by atoms with E-state index in [1.165, 1.54) is 4.70 Å². The Labute approximate surface area is 148 Å². The van der Waals surface area contributed by atoms with Crippen LogP contribution in [0.4, 0.5) is 0 Å². The fourth-order valence-corrected chi connectivity index (χ4v) is 4.08. The molecule has 0 aliphatic rings. The van der Waals surface area contributed by atoms with Crippen molar-refractivity contribution in [3.8, 4) is 0 Å². The number of nitrogens with one attached hydrogen (secondary N) is 1. The van der Waals surface area contributed by atoms with E-state index in [-0.39, 0.29) is 11.4 Å². The molecule has 1 atom stereocenters. The number of hydrogen-bond acceptors (Lipinski definition) is 4. The second-order valence-electron chi connectivity index (χ2n) is 7.19. The molecule has 1 amide bonds. The highest BCUT2D eigenvalue weighted by molar-refractivity contribution is 7.18. The van der Waals surface area contributed by atoms with Crippen LogP contribution in [-0.2, 0) is 11.2 Å². The number of fused-ring (bicyclic) bond motifs is 1. The fourth-order valence-electron chi connectivity index (χ4n) is 3.07. The predicted octanol–water partition coefficient (Wildman–Crippen LogP) is 3.89. The van der Waals surface area contributed by atoms with Gasteiger partial charge in [-0.3, -0.25) is 4.79 Å². The van der Waals surface area contributed by atoms with Gasteiger partial charge in [-0.15, -0.1) is 11.3 Å². The number of benzene rings is 1. The van der Waals surface area contributed by atoms with E-state index in [1.54, 1.807) is 11.3 Å². The summed E-state index contributed by atoms with van der Waals surface area (Å²) in [5, 5.41) is 4.27. The summed E-state index contributed by atoms with van der Waals surface area (Å²) in [6, 6.07) is 8.21. The summed E-state index contributed by atoms with van der Waals surface area (Å²) < 4.78 is 1.23. The molecule has 1 unspecified atom stereocenters. The lowest BCUT2D eigenvalue weighted by molar-refractivity contribution is -0.123. The number of hydrogen-bond donors (Lipinski definition) is 2. The third-order valence-corrected chi connectivity index (χ3v) is 5.23. The molecule has 4 nitrogen and oxygen atoms in total. The van der Waals surface area contributed by atoms with Gasteiger partial charge in [-0.1, -0.05) is 26.0 Å². The summed E-state index contributed by atoms with van der Waals surface area (Å²) in [5.74, 6) is 0.616. The van der Waals surface area contributed by atoms with Gasteiger partial charge < -0.3 is 11.1 Å². The molecule has 132 valence electrons. The molecule has 1 aromatic heterocycles. The summed E-state index contributed by atoms with van der Waals surface area (Å²) in [4.78, 5) is 16.8. The van der Waals surface area contributed by atoms with Gasteiger partial charge in [0.15, 0.2) is 0 Å². The second kappa shape index (κ2) is 8.58. The molecule has 2 rings (SSSR count). The lowest BCUT2D eigenvalue weighted by Gasteiger charge is -2.31. The number of aryl methyl sites for hydroxylation is 1. The first-order valence-electron chi connectivity index (χ1n) is 8.77. The average molecular weight is 348 g/mol. The van der Waals surface area contributed by atoms with Crippen molar-refractivity contribution in [1.29, 1.82) is 0 Å². The average Bonchev–Trinajstić information content (AvgIpc) is 2.93. The number of rotatable bonds is 9. The normalized spacial score (nSPS) is 14.0. The number of amides is 1. The Hall–Kier alpha value is -1.46. The van der Waals surface area contributed by atoms with Crippen LogP contribution in [0.5, 0.6) is 0 Å². The Morgan fingerprint density at radius 1 is 1.33 bits per heavy atom. The number of unbranched alkanes of at least 4 members (excludes halogenated alkanes) is 1. The number of thiazole rings is 1. The first kappa shape index (κ1) is 18.9. The van der Waals surface area contributed by atoms with Crippen LogP contribution in [0, 0.1) is 5.92 Å². The molecule has 2 aromatic rings. The molecule has 3 N–H and O–H groups in total. The maximum atomic E-state index is 12.2. The second-order valence-corrected chi connectivity index (χ2v) is 8.31. The third kappa shape index (κ3) is 5.56.